The van der Waals surface area contributed by atoms with Crippen molar-refractivity contribution in [1.82, 2.24) is 20.2 Å². The SMILES string of the molecule is C=CC(=O)Nc1ccnc2ccc(-c3cccc(C(=O)NC4CCC(N(C)C)CC4)n3)cc12. The Kier molecular flexibility index (Phi) is 6.79. The average molecular weight is 444 g/mol. The highest BCUT2D eigenvalue weighted by Crippen LogP contribution is 2.28. The molecule has 0 aliphatic heterocycles. The lowest BCUT2D eigenvalue weighted by atomic mass is 9.90. The topological polar surface area (TPSA) is 87.2 Å². The van der Waals surface area contributed by atoms with Crippen LogP contribution in [0.25, 0.3) is 22.2 Å². The molecule has 0 spiro atoms. The third-order valence-corrected chi connectivity index (χ3v) is 6.22. The minimum atomic E-state index is -0.288. The highest BCUT2D eigenvalue weighted by molar-refractivity contribution is 6.05. The normalized spacial score (nSPS) is 18.2. The van der Waals surface area contributed by atoms with Crippen molar-refractivity contribution in [1.29, 1.82) is 0 Å². The van der Waals surface area contributed by atoms with E-state index in [0.717, 1.165) is 42.1 Å². The molecular weight excluding hydrogens is 414 g/mol. The van der Waals surface area contributed by atoms with Gasteiger partial charge >= 0.3 is 0 Å². The molecule has 0 unspecified atom stereocenters. The summed E-state index contributed by atoms with van der Waals surface area (Å²) in [5.41, 5.74) is 3.32. The maximum atomic E-state index is 12.9. The van der Waals surface area contributed by atoms with E-state index < -0.39 is 0 Å². The van der Waals surface area contributed by atoms with Crippen LogP contribution in [0.3, 0.4) is 0 Å². The predicted octanol–water partition coefficient (Wildman–Crippen LogP) is 4.02. The largest absolute Gasteiger partial charge is 0.348 e. The lowest BCUT2D eigenvalue weighted by Gasteiger charge is -2.32. The summed E-state index contributed by atoms with van der Waals surface area (Å²) in [7, 11) is 4.22. The fourth-order valence-electron chi connectivity index (χ4n) is 4.32. The Morgan fingerprint density at radius 3 is 2.61 bits per heavy atom. The minimum Gasteiger partial charge on any atom is -0.348 e. The summed E-state index contributed by atoms with van der Waals surface area (Å²) in [6.07, 6.45) is 7.00. The molecule has 7 nitrogen and oxygen atoms in total. The van der Waals surface area contributed by atoms with Gasteiger partial charge in [-0.25, -0.2) is 4.98 Å². The molecule has 7 heteroatoms. The van der Waals surface area contributed by atoms with Crippen molar-refractivity contribution in [3.63, 3.8) is 0 Å². The summed E-state index contributed by atoms with van der Waals surface area (Å²) in [6, 6.07) is 13.7. The van der Waals surface area contributed by atoms with Gasteiger partial charge in [0.15, 0.2) is 0 Å². The van der Waals surface area contributed by atoms with Crippen molar-refractivity contribution in [3.8, 4) is 11.3 Å². The Hall–Kier alpha value is -3.58. The lowest BCUT2D eigenvalue weighted by Crippen LogP contribution is -2.42. The Morgan fingerprint density at radius 2 is 1.88 bits per heavy atom. The van der Waals surface area contributed by atoms with E-state index in [-0.39, 0.29) is 17.9 Å². The second-order valence-corrected chi connectivity index (χ2v) is 8.63. The molecule has 1 saturated carbocycles. The highest BCUT2D eigenvalue weighted by Gasteiger charge is 2.24. The molecule has 2 N–H and O–H groups in total. The summed E-state index contributed by atoms with van der Waals surface area (Å²) in [5.74, 6) is -0.434. The monoisotopic (exact) mass is 443 g/mol. The van der Waals surface area contributed by atoms with Gasteiger partial charge in [-0.1, -0.05) is 18.7 Å². The van der Waals surface area contributed by atoms with E-state index in [1.807, 2.05) is 30.3 Å². The van der Waals surface area contributed by atoms with E-state index in [0.29, 0.717) is 23.1 Å². The fourth-order valence-corrected chi connectivity index (χ4v) is 4.32. The summed E-state index contributed by atoms with van der Waals surface area (Å²) in [5, 5.41) is 6.76. The number of aromatic nitrogens is 2. The number of fused-ring (bicyclic) bond motifs is 1. The number of rotatable bonds is 6. The maximum Gasteiger partial charge on any atom is 0.270 e. The fraction of sp³-hybridized carbons (Fsp3) is 0.308. The molecule has 170 valence electrons. The van der Waals surface area contributed by atoms with Crippen LogP contribution in [0, 0.1) is 0 Å². The molecule has 2 heterocycles. The zero-order valence-corrected chi connectivity index (χ0v) is 19.0. The first kappa shape index (κ1) is 22.6. The van der Waals surface area contributed by atoms with Gasteiger partial charge in [0.25, 0.3) is 5.91 Å². The van der Waals surface area contributed by atoms with Crippen molar-refractivity contribution in [2.75, 3.05) is 19.4 Å². The summed E-state index contributed by atoms with van der Waals surface area (Å²) >= 11 is 0. The zero-order valence-electron chi connectivity index (χ0n) is 19.0. The van der Waals surface area contributed by atoms with Crippen molar-refractivity contribution in [2.45, 2.75) is 37.8 Å². The first-order valence-corrected chi connectivity index (χ1v) is 11.2. The van der Waals surface area contributed by atoms with Gasteiger partial charge in [0.2, 0.25) is 5.91 Å². The molecule has 1 aliphatic rings. The van der Waals surface area contributed by atoms with Crippen LogP contribution < -0.4 is 10.6 Å². The van der Waals surface area contributed by atoms with E-state index in [1.165, 1.54) is 6.08 Å². The molecule has 0 bridgehead atoms. The van der Waals surface area contributed by atoms with Crippen molar-refractivity contribution < 1.29 is 9.59 Å². The Balaban J connectivity index is 1.53. The number of hydrogen-bond donors (Lipinski definition) is 2. The number of amides is 2. The second-order valence-electron chi connectivity index (χ2n) is 8.63. The average Bonchev–Trinajstić information content (AvgIpc) is 2.84. The van der Waals surface area contributed by atoms with E-state index in [9.17, 15) is 9.59 Å². The number of pyridine rings is 2. The Bertz CT molecular complexity index is 1180. The number of anilines is 1. The molecule has 1 aliphatic carbocycles. The van der Waals surface area contributed by atoms with E-state index >= 15 is 0 Å². The number of carbonyl (C=O) groups excluding carboxylic acids is 2. The Labute approximate surface area is 193 Å². The van der Waals surface area contributed by atoms with Gasteiger partial charge in [0.05, 0.1) is 16.9 Å². The number of nitrogens with zero attached hydrogens (tertiary/aromatic N) is 3. The Morgan fingerprint density at radius 1 is 1.09 bits per heavy atom. The molecule has 2 amide bonds. The molecule has 1 aromatic carbocycles. The molecule has 1 fully saturated rings. The molecule has 0 atom stereocenters. The van der Waals surface area contributed by atoms with Gasteiger partial charge in [0, 0.05) is 29.2 Å². The number of nitrogens with one attached hydrogen (secondary N) is 2. The van der Waals surface area contributed by atoms with Gasteiger partial charge in [-0.3, -0.25) is 14.6 Å². The second kappa shape index (κ2) is 9.92. The van der Waals surface area contributed by atoms with Crippen LogP contribution in [0.15, 0.2) is 61.3 Å². The summed E-state index contributed by atoms with van der Waals surface area (Å²) in [6.45, 7) is 3.50. The van der Waals surface area contributed by atoms with Gasteiger partial charge in [-0.05, 0) is 76.2 Å². The third kappa shape index (κ3) is 5.26. The summed E-state index contributed by atoms with van der Waals surface area (Å²) < 4.78 is 0. The first-order chi connectivity index (χ1) is 15.9. The molecule has 3 aromatic rings. The van der Waals surface area contributed by atoms with Crippen molar-refractivity contribution in [3.05, 3.63) is 67.0 Å². The number of carbonyl (C=O) groups is 2. The number of benzene rings is 1. The van der Waals surface area contributed by atoms with Gasteiger partial charge in [-0.2, -0.15) is 0 Å². The van der Waals surface area contributed by atoms with Crippen LogP contribution in [0.4, 0.5) is 5.69 Å². The number of hydrogen-bond acceptors (Lipinski definition) is 5. The molecule has 33 heavy (non-hydrogen) atoms. The van der Waals surface area contributed by atoms with Crippen molar-refractivity contribution in [2.24, 2.45) is 0 Å². The molecule has 0 radical (unpaired) electrons. The van der Waals surface area contributed by atoms with Crippen LogP contribution in [-0.4, -0.2) is 52.9 Å². The van der Waals surface area contributed by atoms with Gasteiger partial charge < -0.3 is 15.5 Å². The lowest BCUT2D eigenvalue weighted by molar-refractivity contribution is -0.111. The predicted molar refractivity (Wildman–Crippen MR) is 131 cm³/mol. The standard InChI is InChI=1S/C26H29N5O2/c1-4-25(32)30-23-14-15-27-22-13-8-17(16-20(22)23)21-6-5-7-24(29-21)26(33)28-18-9-11-19(12-10-18)31(2)3/h4-8,13-16,18-19H,1,9-12H2,2-3H3,(H,28,33)(H,27,30,32). The minimum absolute atomic E-state index is 0.147. The summed E-state index contributed by atoms with van der Waals surface area (Å²) in [4.78, 5) is 35.9. The van der Waals surface area contributed by atoms with Gasteiger partial charge in [0.1, 0.15) is 5.69 Å². The third-order valence-electron chi connectivity index (χ3n) is 6.22. The van der Waals surface area contributed by atoms with Crippen LogP contribution in [0.2, 0.25) is 0 Å². The smallest absolute Gasteiger partial charge is 0.270 e. The van der Waals surface area contributed by atoms with Crippen LogP contribution >= 0.6 is 0 Å². The molecular formula is C26H29N5O2. The van der Waals surface area contributed by atoms with Crippen molar-refractivity contribution >= 4 is 28.4 Å². The quantitative estimate of drug-likeness (QED) is 0.562. The van der Waals surface area contributed by atoms with Crippen LogP contribution in [-0.2, 0) is 4.79 Å². The van der Waals surface area contributed by atoms with E-state index in [4.69, 9.17) is 0 Å². The van der Waals surface area contributed by atoms with Gasteiger partial charge in [-0.15, -0.1) is 0 Å². The van der Waals surface area contributed by atoms with E-state index in [1.54, 1.807) is 18.3 Å². The maximum absolute atomic E-state index is 12.9. The molecule has 0 saturated heterocycles. The highest BCUT2D eigenvalue weighted by atomic mass is 16.2. The van der Waals surface area contributed by atoms with Crippen LogP contribution in [0.5, 0.6) is 0 Å². The van der Waals surface area contributed by atoms with Crippen LogP contribution in [0.1, 0.15) is 36.2 Å². The van der Waals surface area contributed by atoms with E-state index in [2.05, 4.69) is 46.2 Å². The molecule has 4 rings (SSSR count). The zero-order chi connectivity index (χ0) is 23.4. The molecule has 2 aromatic heterocycles. The first-order valence-electron chi connectivity index (χ1n) is 11.2.